The average Bonchev–Trinajstić information content (AvgIpc) is 2.95. The minimum atomic E-state index is 0.0956. The number of benzene rings is 1. The summed E-state index contributed by atoms with van der Waals surface area (Å²) in [6.45, 7) is 6.12. The summed E-state index contributed by atoms with van der Waals surface area (Å²) < 4.78 is 5.69. The van der Waals surface area contributed by atoms with Crippen molar-refractivity contribution in [2.24, 2.45) is 4.99 Å². The third-order valence-corrected chi connectivity index (χ3v) is 6.06. The number of nitrogens with one attached hydrogen (secondary N) is 1. The largest absolute Gasteiger partial charge is 0.495 e. The summed E-state index contributed by atoms with van der Waals surface area (Å²) >= 11 is 0. The van der Waals surface area contributed by atoms with Crippen molar-refractivity contribution in [2.45, 2.75) is 50.9 Å². The number of ether oxygens (including phenoxy) is 1. The Labute approximate surface area is 157 Å². The molecule has 0 bridgehead atoms. The summed E-state index contributed by atoms with van der Waals surface area (Å²) in [7, 11) is 1.74. The highest BCUT2D eigenvalue weighted by Gasteiger charge is 2.49. The fourth-order valence-corrected chi connectivity index (χ4v) is 4.47. The molecule has 0 aromatic heterocycles. The van der Waals surface area contributed by atoms with Crippen molar-refractivity contribution in [3.8, 4) is 17.6 Å². The second-order valence-corrected chi connectivity index (χ2v) is 7.62. The smallest absolute Gasteiger partial charge is 0.134 e. The summed E-state index contributed by atoms with van der Waals surface area (Å²) in [6, 6.07) is 4.36. The average molecular weight is 351 g/mol. The number of fused-ring (bicyclic) bond motifs is 2. The lowest BCUT2D eigenvalue weighted by Gasteiger charge is -2.38. The zero-order valence-electron chi connectivity index (χ0n) is 16.0. The molecule has 0 unspecified atom stereocenters. The Bertz CT molecular complexity index is 762. The lowest BCUT2D eigenvalue weighted by molar-refractivity contribution is 0.255. The van der Waals surface area contributed by atoms with E-state index in [1.54, 1.807) is 7.11 Å². The van der Waals surface area contributed by atoms with E-state index in [-0.39, 0.29) is 5.41 Å². The lowest BCUT2D eigenvalue weighted by atomic mass is 9.65. The van der Waals surface area contributed by atoms with Crippen molar-refractivity contribution in [1.82, 2.24) is 4.90 Å². The third kappa shape index (κ3) is 2.99. The monoisotopic (exact) mass is 351 g/mol. The van der Waals surface area contributed by atoms with Gasteiger partial charge < -0.3 is 10.1 Å². The van der Waals surface area contributed by atoms with Gasteiger partial charge >= 0.3 is 0 Å². The number of piperidine rings is 1. The van der Waals surface area contributed by atoms with Gasteiger partial charge in [0.2, 0.25) is 0 Å². The Morgan fingerprint density at radius 2 is 2.00 bits per heavy atom. The molecule has 4 rings (SSSR count). The second kappa shape index (κ2) is 7.32. The molecule has 1 spiro atoms. The molecule has 1 aliphatic carbocycles. The molecule has 138 valence electrons. The van der Waals surface area contributed by atoms with Crippen LogP contribution in [0.4, 0.5) is 5.69 Å². The van der Waals surface area contributed by atoms with Gasteiger partial charge in [-0.3, -0.25) is 9.89 Å². The fraction of sp³-hybridized carbons (Fsp3) is 0.591. The van der Waals surface area contributed by atoms with E-state index in [1.807, 2.05) is 0 Å². The van der Waals surface area contributed by atoms with Crippen molar-refractivity contribution in [3.63, 3.8) is 0 Å². The van der Waals surface area contributed by atoms with Gasteiger partial charge in [-0.2, -0.15) is 0 Å². The molecule has 4 nitrogen and oxygen atoms in total. The van der Waals surface area contributed by atoms with Crippen LogP contribution in [0.3, 0.4) is 0 Å². The van der Waals surface area contributed by atoms with Crippen LogP contribution in [0.25, 0.3) is 0 Å². The van der Waals surface area contributed by atoms with Gasteiger partial charge in [0, 0.05) is 12.2 Å². The highest BCUT2D eigenvalue weighted by Crippen LogP contribution is 2.52. The van der Waals surface area contributed by atoms with E-state index in [1.165, 1.54) is 62.9 Å². The minimum absolute atomic E-state index is 0.0956. The summed E-state index contributed by atoms with van der Waals surface area (Å²) in [4.78, 5) is 7.19. The van der Waals surface area contributed by atoms with Gasteiger partial charge in [0.15, 0.2) is 0 Å². The number of hydrogen-bond acceptors (Lipinski definition) is 3. The molecule has 3 aliphatic rings. The van der Waals surface area contributed by atoms with Crippen LogP contribution < -0.4 is 10.1 Å². The summed E-state index contributed by atoms with van der Waals surface area (Å²) in [6.07, 6.45) is 7.58. The van der Waals surface area contributed by atoms with Gasteiger partial charge in [0.1, 0.15) is 11.6 Å². The first kappa shape index (κ1) is 17.4. The van der Waals surface area contributed by atoms with Crippen LogP contribution in [-0.4, -0.2) is 44.0 Å². The minimum Gasteiger partial charge on any atom is -0.495 e. The molecule has 1 N–H and O–H groups in total. The molecule has 2 aliphatic heterocycles. The molecule has 4 heteroatoms. The zero-order chi connectivity index (χ0) is 18.0. The molecule has 2 fully saturated rings. The lowest BCUT2D eigenvalue weighted by Crippen LogP contribution is -2.41. The van der Waals surface area contributed by atoms with Crippen LogP contribution in [0.1, 0.15) is 56.6 Å². The first-order chi connectivity index (χ1) is 12.8. The Kier molecular flexibility index (Phi) is 4.91. The number of methoxy groups -OCH3 is 1. The highest BCUT2D eigenvalue weighted by atomic mass is 16.5. The molecular weight excluding hydrogens is 322 g/mol. The van der Waals surface area contributed by atoms with E-state index in [0.29, 0.717) is 0 Å². The first-order valence-electron chi connectivity index (χ1n) is 10.0. The maximum Gasteiger partial charge on any atom is 0.134 e. The predicted octanol–water partition coefficient (Wildman–Crippen LogP) is 3.80. The van der Waals surface area contributed by atoms with E-state index in [4.69, 9.17) is 9.73 Å². The molecule has 1 saturated heterocycles. The summed E-state index contributed by atoms with van der Waals surface area (Å²) in [5, 5.41) is 3.58. The first-order valence-corrected chi connectivity index (χ1v) is 10.0. The molecular formula is C22H29N3O. The number of rotatable bonds is 3. The maximum absolute atomic E-state index is 5.69. The van der Waals surface area contributed by atoms with E-state index in [2.05, 4.69) is 41.1 Å². The maximum atomic E-state index is 5.69. The molecule has 0 amide bonds. The number of hydrogen-bond donors (Lipinski definition) is 1. The molecule has 2 heterocycles. The molecule has 0 radical (unpaired) electrons. The Hall–Kier alpha value is -1.99. The van der Waals surface area contributed by atoms with Crippen LogP contribution in [0.2, 0.25) is 0 Å². The number of nitrogens with zero attached hydrogens (tertiary/aromatic N) is 2. The van der Waals surface area contributed by atoms with Gasteiger partial charge in [-0.15, -0.1) is 0 Å². The zero-order valence-corrected chi connectivity index (χ0v) is 16.0. The normalized spacial score (nSPS) is 22.3. The van der Waals surface area contributed by atoms with Crippen LogP contribution >= 0.6 is 0 Å². The van der Waals surface area contributed by atoms with Crippen molar-refractivity contribution < 1.29 is 4.74 Å². The molecule has 0 atom stereocenters. The molecule has 26 heavy (non-hydrogen) atoms. The summed E-state index contributed by atoms with van der Waals surface area (Å²) in [5.41, 5.74) is 3.58. The Morgan fingerprint density at radius 3 is 2.65 bits per heavy atom. The standard InChI is InChI=1S/C22H29N3O/c1-3-23-21-22(10-8-11-22)18-16-20(26-2)17(15-19(18)24-21)9-7-14-25-12-5-4-6-13-25/h15-16H,3-6,8,10-14H2,1-2H3,(H,23,24). The topological polar surface area (TPSA) is 36.9 Å². The molecule has 1 aromatic carbocycles. The SMILES string of the molecule is CCN=C1Nc2cc(C#CCN3CCCCC3)c(OC)cc2C12CCC2. The van der Waals surface area contributed by atoms with Crippen LogP contribution in [0, 0.1) is 11.8 Å². The van der Waals surface area contributed by atoms with Gasteiger partial charge in [-0.05, 0) is 63.4 Å². The van der Waals surface area contributed by atoms with Gasteiger partial charge in [-0.25, -0.2) is 0 Å². The molecule has 1 aromatic rings. The number of aliphatic imine (C=N–C) groups is 1. The van der Waals surface area contributed by atoms with E-state index in [9.17, 15) is 0 Å². The Balaban J connectivity index is 1.61. The fourth-order valence-electron chi connectivity index (χ4n) is 4.47. The molecule has 1 saturated carbocycles. The van der Waals surface area contributed by atoms with Crippen molar-refractivity contribution in [1.29, 1.82) is 0 Å². The van der Waals surface area contributed by atoms with Crippen molar-refractivity contribution >= 4 is 11.5 Å². The van der Waals surface area contributed by atoms with Crippen molar-refractivity contribution in [2.75, 3.05) is 38.6 Å². The second-order valence-electron chi connectivity index (χ2n) is 7.62. The summed E-state index contributed by atoms with van der Waals surface area (Å²) in [5.74, 6) is 8.75. The number of amidine groups is 1. The van der Waals surface area contributed by atoms with E-state index in [0.717, 1.165) is 30.2 Å². The van der Waals surface area contributed by atoms with E-state index < -0.39 is 0 Å². The van der Waals surface area contributed by atoms with Crippen LogP contribution in [0.5, 0.6) is 5.75 Å². The van der Waals surface area contributed by atoms with Gasteiger partial charge in [0.25, 0.3) is 0 Å². The Morgan fingerprint density at radius 1 is 1.19 bits per heavy atom. The predicted molar refractivity (Wildman–Crippen MR) is 107 cm³/mol. The third-order valence-electron chi connectivity index (χ3n) is 6.06. The quantitative estimate of drug-likeness (QED) is 0.842. The van der Waals surface area contributed by atoms with Crippen molar-refractivity contribution in [3.05, 3.63) is 23.3 Å². The van der Waals surface area contributed by atoms with Gasteiger partial charge in [0.05, 0.1) is 24.6 Å². The van der Waals surface area contributed by atoms with Gasteiger partial charge in [-0.1, -0.05) is 24.7 Å². The van der Waals surface area contributed by atoms with Crippen LogP contribution in [0.15, 0.2) is 17.1 Å². The van der Waals surface area contributed by atoms with Crippen LogP contribution in [-0.2, 0) is 5.41 Å². The number of likely N-dealkylation sites (tertiary alicyclic amines) is 1. The number of anilines is 1. The van der Waals surface area contributed by atoms with E-state index >= 15 is 0 Å². The highest BCUT2D eigenvalue weighted by molar-refractivity contribution is 6.10.